The Bertz CT molecular complexity index is 2360. The zero-order chi connectivity index (χ0) is 45.0. The molecule has 0 bridgehead atoms. The number of carbonyl (C=O) groups excluding carboxylic acids is 4. The number of nitrogens with zero attached hydrogens (tertiary/aromatic N) is 4. The van der Waals surface area contributed by atoms with Crippen LogP contribution in [0.2, 0.25) is 0 Å². The maximum Gasteiger partial charge on any atom is 0.275 e. The molecular formula is C45H53N11O4S4. The van der Waals surface area contributed by atoms with E-state index in [0.717, 1.165) is 76.3 Å². The standard InChI is InChI=1S/C23H27N5O2S2.C22H26N6O2S2/c1-14(2)25-11-9-19(29)28-23-20(16-7-3-4-8-18(16)32-23)22-27-17(13-31-22)21(30)26-15-6-5-10-24-12-15;1-13(2)25-9-6-18(29)28-22-19(15-5-8-24-11-17(15)32-22)21-27-16(12-31-21)20(30)26-14-4-3-7-23-10-14/h5-6,10,12-14,25H,3-4,7-9,11H2,1-2H3,(H,26,30)(H,28,29);3-4,7,10,12-13,24-25H,5-6,8-9,11H2,1-2H3,(H,26,30)(H,28,29). The van der Waals surface area contributed by atoms with Crippen LogP contribution >= 0.6 is 45.3 Å². The monoisotopic (exact) mass is 939 g/mol. The molecule has 336 valence electrons. The summed E-state index contributed by atoms with van der Waals surface area (Å²) in [6, 6.07) is 7.78. The van der Waals surface area contributed by atoms with Gasteiger partial charge in [-0.3, -0.25) is 29.1 Å². The smallest absolute Gasteiger partial charge is 0.275 e. The van der Waals surface area contributed by atoms with Gasteiger partial charge in [0.15, 0.2) is 0 Å². The zero-order valence-electron chi connectivity index (χ0n) is 36.3. The Morgan fingerprint density at radius 3 is 1.66 bits per heavy atom. The maximum absolute atomic E-state index is 12.7. The molecule has 0 saturated carbocycles. The van der Waals surface area contributed by atoms with Crippen LogP contribution < -0.4 is 37.2 Å². The Labute approximate surface area is 388 Å². The number of hydrogen-bond donors (Lipinski definition) is 7. The van der Waals surface area contributed by atoms with Crippen LogP contribution in [0.4, 0.5) is 21.4 Å². The van der Waals surface area contributed by atoms with Gasteiger partial charge in [-0.25, -0.2) is 9.97 Å². The van der Waals surface area contributed by atoms with Gasteiger partial charge >= 0.3 is 0 Å². The average molecular weight is 940 g/mol. The predicted octanol–water partition coefficient (Wildman–Crippen LogP) is 8.22. The maximum atomic E-state index is 12.7. The molecule has 0 saturated heterocycles. The van der Waals surface area contributed by atoms with Crippen LogP contribution in [0.15, 0.2) is 59.8 Å². The molecule has 19 heteroatoms. The van der Waals surface area contributed by atoms with Crippen LogP contribution in [-0.2, 0) is 35.4 Å². The molecule has 6 aromatic rings. The first-order valence-electron chi connectivity index (χ1n) is 21.4. The van der Waals surface area contributed by atoms with E-state index < -0.39 is 0 Å². The number of rotatable bonds is 16. The zero-order valence-corrected chi connectivity index (χ0v) is 39.5. The number of anilines is 4. The number of aromatic nitrogens is 4. The van der Waals surface area contributed by atoms with Crippen molar-refractivity contribution in [3.8, 4) is 21.1 Å². The predicted molar refractivity (Wildman–Crippen MR) is 260 cm³/mol. The van der Waals surface area contributed by atoms with Gasteiger partial charge in [-0.15, -0.1) is 45.3 Å². The van der Waals surface area contributed by atoms with Gasteiger partial charge in [0.2, 0.25) is 11.8 Å². The van der Waals surface area contributed by atoms with Crippen LogP contribution in [0.3, 0.4) is 0 Å². The summed E-state index contributed by atoms with van der Waals surface area (Å²) >= 11 is 6.09. The molecule has 7 N–H and O–H groups in total. The lowest BCUT2D eigenvalue weighted by Crippen LogP contribution is -2.27. The Morgan fingerprint density at radius 2 is 1.16 bits per heavy atom. The van der Waals surface area contributed by atoms with Crippen molar-refractivity contribution in [3.05, 3.63) is 92.1 Å². The van der Waals surface area contributed by atoms with Gasteiger partial charge in [-0.05, 0) is 74.0 Å². The third kappa shape index (κ3) is 12.5. The van der Waals surface area contributed by atoms with Gasteiger partial charge in [-0.1, -0.05) is 27.7 Å². The lowest BCUT2D eigenvalue weighted by Gasteiger charge is -2.13. The van der Waals surface area contributed by atoms with Crippen LogP contribution in [0.5, 0.6) is 0 Å². The number of fused-ring (bicyclic) bond motifs is 2. The van der Waals surface area contributed by atoms with E-state index in [-0.39, 0.29) is 23.6 Å². The van der Waals surface area contributed by atoms with Gasteiger partial charge in [0.05, 0.1) is 23.8 Å². The second kappa shape index (κ2) is 22.6. The molecule has 0 atom stereocenters. The fraction of sp³-hybridized carbons (Fsp3) is 0.378. The minimum absolute atomic E-state index is 0.0101. The number of amides is 4. The first-order valence-corrected chi connectivity index (χ1v) is 24.8. The highest BCUT2D eigenvalue weighted by atomic mass is 32.1. The quantitative estimate of drug-likeness (QED) is 0.0493. The Morgan fingerprint density at radius 1 is 0.656 bits per heavy atom. The summed E-state index contributed by atoms with van der Waals surface area (Å²) in [7, 11) is 0. The molecule has 2 aliphatic rings. The van der Waals surface area contributed by atoms with E-state index in [9.17, 15) is 19.2 Å². The first kappa shape index (κ1) is 46.7. The summed E-state index contributed by atoms with van der Waals surface area (Å²) in [6.45, 7) is 11.2. The van der Waals surface area contributed by atoms with E-state index >= 15 is 0 Å². The van der Waals surface area contributed by atoms with E-state index in [0.29, 0.717) is 60.8 Å². The largest absolute Gasteiger partial charge is 0.319 e. The van der Waals surface area contributed by atoms with Crippen molar-refractivity contribution in [2.45, 2.75) is 91.3 Å². The molecule has 1 aliphatic carbocycles. The molecule has 0 spiro atoms. The fourth-order valence-electron chi connectivity index (χ4n) is 7.11. The molecule has 15 nitrogen and oxygen atoms in total. The Hall–Kier alpha value is -5.28. The van der Waals surface area contributed by atoms with Crippen LogP contribution in [0.1, 0.15) is 95.2 Å². The number of pyridine rings is 2. The first-order chi connectivity index (χ1) is 31.0. The summed E-state index contributed by atoms with van der Waals surface area (Å²) in [6.07, 6.45) is 12.5. The molecular weight excluding hydrogens is 887 g/mol. The number of aryl methyl sites for hydroxylation is 1. The molecule has 0 radical (unpaired) electrons. The summed E-state index contributed by atoms with van der Waals surface area (Å²) < 4.78 is 0. The number of nitrogens with one attached hydrogen (secondary N) is 7. The highest BCUT2D eigenvalue weighted by Gasteiger charge is 2.27. The van der Waals surface area contributed by atoms with Crippen molar-refractivity contribution in [3.63, 3.8) is 0 Å². The van der Waals surface area contributed by atoms with Crippen molar-refractivity contribution in [2.24, 2.45) is 0 Å². The number of thiophene rings is 2. The van der Waals surface area contributed by atoms with Crippen LogP contribution in [0, 0.1) is 0 Å². The Balaban J connectivity index is 0.000000191. The number of hydrogen-bond acceptors (Lipinski definition) is 15. The summed E-state index contributed by atoms with van der Waals surface area (Å²) in [5, 5.41) is 28.5. The third-order valence-electron chi connectivity index (χ3n) is 10.2. The van der Waals surface area contributed by atoms with Crippen LogP contribution in [0.25, 0.3) is 21.1 Å². The molecule has 1 aliphatic heterocycles. The van der Waals surface area contributed by atoms with Gasteiger partial charge in [0.25, 0.3) is 11.8 Å². The molecule has 6 aromatic heterocycles. The number of thiazole rings is 2. The van der Waals surface area contributed by atoms with Crippen molar-refractivity contribution in [1.29, 1.82) is 0 Å². The molecule has 4 amide bonds. The SMILES string of the molecule is CC(C)NCCC(=O)Nc1sc2c(c1-c1nc(C(=O)Nc3cccnc3)cs1)CCCC2.CC(C)NCCC(=O)Nc1sc2c(c1-c1nc(C(=O)Nc3cccnc3)cs1)CCNC2. The highest BCUT2D eigenvalue weighted by Crippen LogP contribution is 2.46. The van der Waals surface area contributed by atoms with E-state index in [4.69, 9.17) is 0 Å². The molecule has 0 fully saturated rings. The van der Waals surface area contributed by atoms with E-state index in [2.05, 4.69) is 84.8 Å². The second-order valence-electron chi connectivity index (χ2n) is 15.8. The minimum atomic E-state index is -0.281. The van der Waals surface area contributed by atoms with E-state index in [1.54, 1.807) is 82.5 Å². The van der Waals surface area contributed by atoms with E-state index in [1.165, 1.54) is 43.6 Å². The van der Waals surface area contributed by atoms with Gasteiger partial charge < -0.3 is 37.2 Å². The lowest BCUT2D eigenvalue weighted by atomic mass is 9.95. The molecule has 7 heterocycles. The molecule has 0 unspecified atom stereocenters. The van der Waals surface area contributed by atoms with Crippen molar-refractivity contribution in [2.75, 3.05) is 40.9 Å². The van der Waals surface area contributed by atoms with Gasteiger partial charge in [-0.2, -0.15) is 0 Å². The average Bonchev–Trinajstić information content (AvgIpc) is 4.09. The van der Waals surface area contributed by atoms with E-state index in [1.807, 2.05) is 0 Å². The summed E-state index contributed by atoms with van der Waals surface area (Å²) in [5.41, 5.74) is 6.37. The minimum Gasteiger partial charge on any atom is -0.319 e. The molecule has 8 rings (SSSR count). The summed E-state index contributed by atoms with van der Waals surface area (Å²) in [5.74, 6) is -0.590. The van der Waals surface area contributed by atoms with Gasteiger partial charge in [0, 0.05) is 88.6 Å². The summed E-state index contributed by atoms with van der Waals surface area (Å²) in [4.78, 5) is 70.2. The topological polar surface area (TPSA) is 204 Å². The highest BCUT2D eigenvalue weighted by molar-refractivity contribution is 7.19. The molecule has 0 aromatic carbocycles. The van der Waals surface area contributed by atoms with Crippen LogP contribution in [-0.4, -0.2) is 75.3 Å². The van der Waals surface area contributed by atoms with Crippen molar-refractivity contribution >= 4 is 90.4 Å². The molecule has 64 heavy (non-hydrogen) atoms. The second-order valence-corrected chi connectivity index (χ2v) is 19.8. The third-order valence-corrected chi connectivity index (χ3v) is 14.2. The normalized spacial score (nSPS) is 13.1. The Kier molecular flexibility index (Phi) is 16.5. The van der Waals surface area contributed by atoms with Crippen molar-refractivity contribution < 1.29 is 19.2 Å². The number of carbonyl (C=O) groups is 4. The van der Waals surface area contributed by atoms with Crippen molar-refractivity contribution in [1.82, 2.24) is 35.9 Å². The van der Waals surface area contributed by atoms with Gasteiger partial charge in [0.1, 0.15) is 31.4 Å². The lowest BCUT2D eigenvalue weighted by molar-refractivity contribution is -0.116. The fourth-order valence-corrected chi connectivity index (χ4v) is 11.5.